The van der Waals surface area contributed by atoms with E-state index in [1.165, 1.54) is 16.0 Å². The molecule has 0 amide bonds. The Balaban J connectivity index is 1.82. The minimum atomic E-state index is -0.110. The van der Waals surface area contributed by atoms with Gasteiger partial charge in [-0.2, -0.15) is 4.68 Å². The second-order valence-electron chi connectivity index (χ2n) is 6.46. The molecule has 2 heterocycles. The number of aliphatic imine (C=N–C) groups is 1. The van der Waals surface area contributed by atoms with Crippen molar-refractivity contribution in [2.24, 2.45) is 4.99 Å². The second-order valence-corrected chi connectivity index (χ2v) is 7.47. The first-order valence-electron chi connectivity index (χ1n) is 8.78. The number of H-pyrrole nitrogens is 1. The van der Waals surface area contributed by atoms with Gasteiger partial charge in [0.25, 0.3) is 5.56 Å². The Morgan fingerprint density at radius 3 is 2.88 bits per heavy atom. The average molecular weight is 372 g/mol. The monoisotopic (exact) mass is 372 g/mol. The van der Waals surface area contributed by atoms with E-state index in [0.717, 1.165) is 28.0 Å². The highest BCUT2D eigenvalue weighted by Gasteiger charge is 2.17. The van der Waals surface area contributed by atoms with Gasteiger partial charge in [0.15, 0.2) is 0 Å². The first kappa shape index (κ1) is 18.5. The number of aromatic nitrogens is 3. The van der Waals surface area contributed by atoms with E-state index in [4.69, 9.17) is 4.74 Å². The van der Waals surface area contributed by atoms with E-state index >= 15 is 0 Å². The highest BCUT2D eigenvalue weighted by molar-refractivity contribution is 7.20. The van der Waals surface area contributed by atoms with Crippen molar-refractivity contribution in [1.82, 2.24) is 14.8 Å². The predicted molar refractivity (Wildman–Crippen MR) is 107 cm³/mol. The lowest BCUT2D eigenvalue weighted by atomic mass is 10.2. The molecule has 1 N–H and O–H groups in total. The molecule has 138 valence electrons. The molecule has 0 atom stereocenters. The molecule has 0 aliphatic heterocycles. The quantitative estimate of drug-likeness (QED) is 0.508. The van der Waals surface area contributed by atoms with Crippen LogP contribution in [0.3, 0.4) is 0 Å². The number of para-hydroxylation sites is 1. The molecule has 0 spiro atoms. The number of benzene rings is 1. The molecule has 7 heteroatoms. The zero-order valence-electron chi connectivity index (χ0n) is 15.6. The van der Waals surface area contributed by atoms with Crippen LogP contribution in [0.2, 0.25) is 0 Å². The Labute approximate surface area is 156 Å². The Kier molecular flexibility index (Phi) is 5.68. The minimum absolute atomic E-state index is 0.110. The van der Waals surface area contributed by atoms with Gasteiger partial charge in [0.2, 0.25) is 5.13 Å². The van der Waals surface area contributed by atoms with Crippen molar-refractivity contribution in [2.45, 2.75) is 40.2 Å². The number of nitrogens with one attached hydrogen (secondary N) is 1. The summed E-state index contributed by atoms with van der Waals surface area (Å²) < 4.78 is 8.08. The van der Waals surface area contributed by atoms with E-state index in [9.17, 15) is 4.79 Å². The van der Waals surface area contributed by atoms with Gasteiger partial charge in [-0.25, -0.2) is 4.98 Å². The van der Waals surface area contributed by atoms with Crippen LogP contribution in [0.5, 0.6) is 0 Å². The molecule has 0 unspecified atom stereocenters. The first-order valence-corrected chi connectivity index (χ1v) is 9.59. The summed E-state index contributed by atoms with van der Waals surface area (Å²) in [5.41, 5.74) is 2.95. The van der Waals surface area contributed by atoms with Crippen molar-refractivity contribution in [3.05, 3.63) is 45.9 Å². The molecule has 0 aliphatic rings. The van der Waals surface area contributed by atoms with E-state index in [1.54, 1.807) is 0 Å². The molecule has 3 rings (SSSR count). The molecule has 0 bridgehead atoms. The van der Waals surface area contributed by atoms with Gasteiger partial charge in [0, 0.05) is 24.6 Å². The lowest BCUT2D eigenvalue weighted by molar-refractivity contribution is 0.0783. The van der Waals surface area contributed by atoms with Crippen molar-refractivity contribution in [2.75, 3.05) is 13.2 Å². The molecule has 1 aromatic carbocycles. The van der Waals surface area contributed by atoms with Crippen LogP contribution >= 0.6 is 11.3 Å². The molecule has 0 saturated heterocycles. The molecule has 26 heavy (non-hydrogen) atoms. The summed E-state index contributed by atoms with van der Waals surface area (Å²) in [6, 6.07) is 7.87. The fraction of sp³-hybridized carbons (Fsp3) is 0.421. The Hall–Kier alpha value is -2.25. The zero-order valence-corrected chi connectivity index (χ0v) is 16.4. The summed E-state index contributed by atoms with van der Waals surface area (Å²) in [5, 5.41) is 3.78. The number of ether oxygens (including phenoxy) is 1. The highest BCUT2D eigenvalue weighted by atomic mass is 32.1. The number of hydrogen-bond donors (Lipinski definition) is 1. The van der Waals surface area contributed by atoms with Crippen molar-refractivity contribution < 1.29 is 4.74 Å². The van der Waals surface area contributed by atoms with Crippen LogP contribution in [0, 0.1) is 6.92 Å². The van der Waals surface area contributed by atoms with Crippen LogP contribution in [-0.4, -0.2) is 39.7 Å². The van der Waals surface area contributed by atoms with Gasteiger partial charge in [-0.15, -0.1) is 0 Å². The fourth-order valence-corrected chi connectivity index (χ4v) is 3.70. The number of rotatable bonds is 7. The van der Waals surface area contributed by atoms with Crippen LogP contribution < -0.4 is 5.56 Å². The summed E-state index contributed by atoms with van der Waals surface area (Å²) in [6.45, 7) is 9.12. The second kappa shape index (κ2) is 7.97. The molecule has 0 fully saturated rings. The van der Waals surface area contributed by atoms with Gasteiger partial charge >= 0.3 is 0 Å². The van der Waals surface area contributed by atoms with Crippen molar-refractivity contribution in [3.63, 3.8) is 0 Å². The average Bonchev–Trinajstić information content (AvgIpc) is 3.14. The third-order valence-electron chi connectivity index (χ3n) is 4.01. The summed E-state index contributed by atoms with van der Waals surface area (Å²) in [4.78, 5) is 22.0. The Bertz CT molecular complexity index is 948. The van der Waals surface area contributed by atoms with Crippen molar-refractivity contribution in [3.8, 4) is 5.13 Å². The summed E-state index contributed by atoms with van der Waals surface area (Å²) >= 11 is 1.49. The van der Waals surface area contributed by atoms with Crippen molar-refractivity contribution >= 4 is 27.3 Å². The summed E-state index contributed by atoms with van der Waals surface area (Å²) in [6.07, 6.45) is 1.07. The van der Waals surface area contributed by atoms with E-state index in [1.807, 2.05) is 52.0 Å². The van der Waals surface area contributed by atoms with Gasteiger partial charge in [0.05, 0.1) is 21.9 Å². The number of aryl methyl sites for hydroxylation is 1. The van der Waals surface area contributed by atoms with Crippen LogP contribution in [0.4, 0.5) is 0 Å². The number of thiazole rings is 1. The lowest BCUT2D eigenvalue weighted by Gasteiger charge is -2.05. The van der Waals surface area contributed by atoms with Gasteiger partial charge in [-0.05, 0) is 46.2 Å². The normalized spacial score (nSPS) is 12.4. The minimum Gasteiger partial charge on any atom is -0.379 e. The van der Waals surface area contributed by atoms with E-state index < -0.39 is 0 Å². The molecular formula is C19H24N4O2S. The zero-order chi connectivity index (χ0) is 18.7. The van der Waals surface area contributed by atoms with Crippen LogP contribution in [0.1, 0.15) is 38.4 Å². The van der Waals surface area contributed by atoms with E-state index in [2.05, 4.69) is 15.1 Å². The molecule has 6 nitrogen and oxygen atoms in total. The Morgan fingerprint density at radius 2 is 2.15 bits per heavy atom. The molecule has 2 aromatic heterocycles. The first-order chi connectivity index (χ1) is 12.5. The number of aromatic amines is 1. The molecule has 0 saturated carbocycles. The van der Waals surface area contributed by atoms with Gasteiger partial charge < -0.3 is 4.74 Å². The van der Waals surface area contributed by atoms with E-state index in [0.29, 0.717) is 23.8 Å². The SMILES string of the molecule is CC(=NCCCOC(C)C)c1c(C)[nH]n(-c2nc3ccccc3s2)c1=O. The van der Waals surface area contributed by atoms with Gasteiger partial charge in [-0.3, -0.25) is 14.9 Å². The fourth-order valence-electron chi connectivity index (χ4n) is 2.77. The third kappa shape index (κ3) is 3.94. The number of nitrogens with zero attached hydrogens (tertiary/aromatic N) is 3. The molecule has 0 radical (unpaired) electrons. The maximum Gasteiger partial charge on any atom is 0.282 e. The molecule has 3 aromatic rings. The summed E-state index contributed by atoms with van der Waals surface area (Å²) in [5.74, 6) is 0. The van der Waals surface area contributed by atoms with Crippen LogP contribution in [-0.2, 0) is 4.74 Å². The van der Waals surface area contributed by atoms with Gasteiger partial charge in [0.1, 0.15) is 0 Å². The predicted octanol–water partition coefficient (Wildman–Crippen LogP) is 3.71. The standard InChI is InChI=1S/C19H24N4O2S/c1-12(2)25-11-7-10-20-13(3)17-14(4)22-23(18(17)24)19-21-15-8-5-6-9-16(15)26-19/h5-6,8-9,12,22H,7,10-11H2,1-4H3. The van der Waals surface area contributed by atoms with Crippen LogP contribution in [0.25, 0.3) is 15.3 Å². The molecular weight excluding hydrogens is 348 g/mol. The highest BCUT2D eigenvalue weighted by Crippen LogP contribution is 2.23. The maximum absolute atomic E-state index is 12.9. The largest absolute Gasteiger partial charge is 0.379 e. The Morgan fingerprint density at radius 1 is 1.38 bits per heavy atom. The third-order valence-corrected chi connectivity index (χ3v) is 5.03. The topological polar surface area (TPSA) is 72.3 Å². The maximum atomic E-state index is 12.9. The van der Waals surface area contributed by atoms with E-state index in [-0.39, 0.29) is 11.7 Å². The van der Waals surface area contributed by atoms with Crippen molar-refractivity contribution in [1.29, 1.82) is 0 Å². The van der Waals surface area contributed by atoms with Gasteiger partial charge in [-0.1, -0.05) is 23.5 Å². The van der Waals surface area contributed by atoms with Crippen LogP contribution in [0.15, 0.2) is 34.1 Å². The lowest BCUT2D eigenvalue weighted by Crippen LogP contribution is -2.19. The number of hydrogen-bond acceptors (Lipinski definition) is 5. The smallest absolute Gasteiger partial charge is 0.282 e. The molecule has 0 aliphatic carbocycles. The number of fused-ring (bicyclic) bond motifs is 1. The summed E-state index contributed by atoms with van der Waals surface area (Å²) in [7, 11) is 0.